The minimum atomic E-state index is -0.246. The van der Waals surface area contributed by atoms with Crippen molar-refractivity contribution in [1.29, 1.82) is 0 Å². The van der Waals surface area contributed by atoms with Crippen molar-refractivity contribution < 1.29 is 17.1 Å². The molecule has 12 rings (SSSR count). The molecular formula is C55H33N3O2. The predicted octanol–water partition coefficient (Wildman–Crippen LogP) is 14.8. The monoisotopic (exact) mass is 773 g/mol. The first-order valence-corrected chi connectivity index (χ1v) is 19.6. The molecule has 0 fully saturated rings. The lowest BCUT2D eigenvalue weighted by molar-refractivity contribution is 0.669. The number of hydrogen-bond acceptors (Lipinski definition) is 5. The van der Waals surface area contributed by atoms with Gasteiger partial charge < -0.3 is 8.83 Å². The fraction of sp³-hybridized carbons (Fsp3) is 0. The number of fused-ring (bicyclic) bond motifs is 8. The van der Waals surface area contributed by atoms with Gasteiger partial charge in [0.05, 0.1) is 8.22 Å². The first-order chi connectivity index (χ1) is 32.2. The van der Waals surface area contributed by atoms with Crippen molar-refractivity contribution in [3.05, 3.63) is 200 Å². The van der Waals surface area contributed by atoms with Gasteiger partial charge in [-0.25, -0.2) is 15.0 Å². The number of aromatic nitrogens is 3. The molecule has 9 aromatic carbocycles. The summed E-state index contributed by atoms with van der Waals surface area (Å²) in [5.41, 5.74) is 9.16. The van der Waals surface area contributed by atoms with Crippen molar-refractivity contribution in [3.8, 4) is 67.5 Å². The summed E-state index contributed by atoms with van der Waals surface area (Å²) >= 11 is 0. The van der Waals surface area contributed by atoms with Crippen LogP contribution < -0.4 is 0 Å². The van der Waals surface area contributed by atoms with Gasteiger partial charge in [0.2, 0.25) is 0 Å². The lowest BCUT2D eigenvalue weighted by atomic mass is 9.95. The molecule has 5 heteroatoms. The minimum absolute atomic E-state index is 0.0676. The molecule has 12 aromatic rings. The van der Waals surface area contributed by atoms with Crippen LogP contribution in [0.1, 0.15) is 8.22 Å². The van der Waals surface area contributed by atoms with Crippen LogP contribution in [0.25, 0.3) is 122 Å². The standard InChI is InChI=1S/C55H33N3O2/c1-4-14-34(15-5-1)39-30-40(35-16-6-2-7-17-35)32-41(31-39)54-56-53(38-27-28-44-49(33-38)59-47-24-12-22-42(50(44)47)36-18-8-3-9-19-36)57-55(58-54)46-23-13-25-48-51(46)45-29-26-37-20-10-11-21-43(37)52(45)60-48/h1-33H/i10D,13D,20D,23D,26D,29D. The SMILES string of the molecule is [2H]c1cc2oc3c4ccc([2H])c([2H])c4c([2H])c([2H])c3c2c(-c2nc(-c3cc(-c4ccccc4)cc(-c4ccccc4)c3)nc(-c3ccc4c(c3)oc3cccc(-c5ccccc5)c34)n2)c1[2H]. The van der Waals surface area contributed by atoms with Gasteiger partial charge in [0.25, 0.3) is 0 Å². The lowest BCUT2D eigenvalue weighted by Gasteiger charge is -2.13. The van der Waals surface area contributed by atoms with Gasteiger partial charge in [0.15, 0.2) is 17.5 Å². The Morgan fingerprint density at radius 3 is 1.75 bits per heavy atom. The molecule has 0 aliphatic rings. The van der Waals surface area contributed by atoms with Gasteiger partial charge in [-0.3, -0.25) is 0 Å². The van der Waals surface area contributed by atoms with E-state index in [1.54, 1.807) is 6.07 Å². The second kappa shape index (κ2) is 13.8. The van der Waals surface area contributed by atoms with E-state index in [0.717, 1.165) is 49.7 Å². The molecule has 0 aliphatic heterocycles. The summed E-state index contributed by atoms with van der Waals surface area (Å²) in [6.45, 7) is 0. The third kappa shape index (κ3) is 5.67. The quantitative estimate of drug-likeness (QED) is 0.168. The normalized spacial score (nSPS) is 13.1. The molecule has 0 unspecified atom stereocenters. The maximum Gasteiger partial charge on any atom is 0.164 e. The second-order valence-corrected chi connectivity index (χ2v) is 14.7. The zero-order valence-electron chi connectivity index (χ0n) is 37.7. The average Bonchev–Trinajstić information content (AvgIpc) is 3.93. The van der Waals surface area contributed by atoms with E-state index >= 15 is 0 Å². The highest BCUT2D eigenvalue weighted by Gasteiger charge is 2.21. The van der Waals surface area contributed by atoms with E-state index in [1.807, 2.05) is 121 Å². The molecule has 60 heavy (non-hydrogen) atoms. The van der Waals surface area contributed by atoms with Crippen molar-refractivity contribution >= 4 is 54.6 Å². The van der Waals surface area contributed by atoms with Crippen LogP contribution in [0, 0.1) is 0 Å². The van der Waals surface area contributed by atoms with E-state index in [2.05, 4.69) is 24.3 Å². The second-order valence-electron chi connectivity index (χ2n) is 14.7. The van der Waals surface area contributed by atoms with Crippen LogP contribution >= 0.6 is 0 Å². The maximum absolute atomic E-state index is 9.47. The smallest absolute Gasteiger partial charge is 0.164 e. The van der Waals surface area contributed by atoms with E-state index in [-0.39, 0.29) is 75.4 Å². The highest BCUT2D eigenvalue weighted by Crippen LogP contribution is 2.41. The molecule has 0 N–H and O–H groups in total. The van der Waals surface area contributed by atoms with Crippen LogP contribution in [0.15, 0.2) is 209 Å². The van der Waals surface area contributed by atoms with Crippen molar-refractivity contribution in [2.75, 3.05) is 0 Å². The molecule has 5 nitrogen and oxygen atoms in total. The van der Waals surface area contributed by atoms with Crippen LogP contribution in [-0.2, 0) is 0 Å². The summed E-state index contributed by atoms with van der Waals surface area (Å²) in [5.74, 6) is 0.650. The minimum Gasteiger partial charge on any atom is -0.456 e. The summed E-state index contributed by atoms with van der Waals surface area (Å²) in [7, 11) is 0. The van der Waals surface area contributed by atoms with E-state index in [1.165, 1.54) is 12.1 Å². The third-order valence-electron chi connectivity index (χ3n) is 11.0. The molecule has 0 bridgehead atoms. The molecule has 0 spiro atoms. The average molecular weight is 774 g/mol. The van der Waals surface area contributed by atoms with Crippen LogP contribution in [0.3, 0.4) is 0 Å². The highest BCUT2D eigenvalue weighted by molar-refractivity contribution is 6.19. The summed E-state index contributed by atoms with van der Waals surface area (Å²) < 4.78 is 66.8. The van der Waals surface area contributed by atoms with Crippen LogP contribution in [0.2, 0.25) is 0 Å². The molecule has 0 amide bonds. The summed E-state index contributed by atoms with van der Waals surface area (Å²) in [5, 5.41) is 2.92. The molecule has 3 aromatic heterocycles. The Labute approximate surface area is 353 Å². The van der Waals surface area contributed by atoms with E-state index < -0.39 is 0 Å². The molecule has 0 saturated heterocycles. The molecule has 0 aliphatic carbocycles. The Hall–Kier alpha value is -8.15. The Balaban J connectivity index is 1.15. The number of benzene rings is 9. The van der Waals surface area contributed by atoms with Crippen molar-refractivity contribution in [2.45, 2.75) is 0 Å². The summed E-state index contributed by atoms with van der Waals surface area (Å²) in [6.07, 6.45) is 0. The van der Waals surface area contributed by atoms with Crippen molar-refractivity contribution in [1.82, 2.24) is 15.0 Å². The maximum atomic E-state index is 9.47. The Morgan fingerprint density at radius 1 is 0.350 bits per heavy atom. The van der Waals surface area contributed by atoms with Gasteiger partial charge in [0, 0.05) is 43.6 Å². The zero-order chi connectivity index (χ0) is 44.8. The first-order valence-electron chi connectivity index (χ1n) is 22.6. The highest BCUT2D eigenvalue weighted by atomic mass is 16.3. The number of rotatable bonds is 6. The lowest BCUT2D eigenvalue weighted by Crippen LogP contribution is -2.01. The summed E-state index contributed by atoms with van der Waals surface area (Å²) in [4.78, 5) is 15.4. The summed E-state index contributed by atoms with van der Waals surface area (Å²) in [6, 6.07) is 51.8. The molecular weight excluding hydrogens is 735 g/mol. The van der Waals surface area contributed by atoms with Gasteiger partial charge >= 0.3 is 0 Å². The Bertz CT molecular complexity index is 3890. The fourth-order valence-electron chi connectivity index (χ4n) is 8.23. The number of nitrogens with zero attached hydrogens (tertiary/aromatic N) is 3. The molecule has 0 atom stereocenters. The van der Waals surface area contributed by atoms with Crippen molar-refractivity contribution in [2.24, 2.45) is 0 Å². The molecule has 0 radical (unpaired) electrons. The third-order valence-corrected chi connectivity index (χ3v) is 11.0. The van der Waals surface area contributed by atoms with Gasteiger partial charge in [-0.2, -0.15) is 0 Å². The van der Waals surface area contributed by atoms with Gasteiger partial charge in [-0.15, -0.1) is 0 Å². The first kappa shape index (κ1) is 28.3. The predicted molar refractivity (Wildman–Crippen MR) is 245 cm³/mol. The van der Waals surface area contributed by atoms with Gasteiger partial charge in [0.1, 0.15) is 22.3 Å². The number of furan rings is 2. The van der Waals surface area contributed by atoms with Gasteiger partial charge in [-0.05, 0) is 87.3 Å². The van der Waals surface area contributed by atoms with Crippen molar-refractivity contribution in [3.63, 3.8) is 0 Å². The molecule has 280 valence electrons. The Kier molecular flexibility index (Phi) is 6.48. The molecule has 3 heterocycles. The van der Waals surface area contributed by atoms with E-state index in [0.29, 0.717) is 33.3 Å². The van der Waals surface area contributed by atoms with E-state index in [4.69, 9.17) is 29.3 Å². The van der Waals surface area contributed by atoms with Gasteiger partial charge in [-0.1, -0.05) is 152 Å². The largest absolute Gasteiger partial charge is 0.456 e. The topological polar surface area (TPSA) is 65.0 Å². The van der Waals surface area contributed by atoms with E-state index in [9.17, 15) is 2.74 Å². The zero-order valence-corrected chi connectivity index (χ0v) is 31.7. The fourth-order valence-corrected chi connectivity index (χ4v) is 8.23. The van der Waals surface area contributed by atoms with Crippen LogP contribution in [0.4, 0.5) is 0 Å². The number of hydrogen-bond donors (Lipinski definition) is 0. The Morgan fingerprint density at radius 2 is 1.00 bits per heavy atom. The molecule has 0 saturated carbocycles. The van der Waals surface area contributed by atoms with Crippen LogP contribution in [-0.4, -0.2) is 15.0 Å². The van der Waals surface area contributed by atoms with Crippen LogP contribution in [0.5, 0.6) is 0 Å².